The molecule has 0 saturated carbocycles. The van der Waals surface area contributed by atoms with Crippen molar-refractivity contribution in [3.05, 3.63) is 29.6 Å². The van der Waals surface area contributed by atoms with E-state index in [9.17, 15) is 4.79 Å². The normalized spacial score (nSPS) is 8.67. The summed E-state index contributed by atoms with van der Waals surface area (Å²) in [6.45, 7) is 0. The van der Waals surface area contributed by atoms with Crippen molar-refractivity contribution >= 4 is 5.91 Å². The number of pyridine rings is 1. The van der Waals surface area contributed by atoms with Gasteiger partial charge in [-0.2, -0.15) is 0 Å². The second kappa shape index (κ2) is 3.51. The number of nitrogens with one attached hydrogen (secondary N) is 1. The van der Waals surface area contributed by atoms with Crippen LogP contribution >= 0.6 is 0 Å². The molecular weight excluding hydrogens is 154 g/mol. The molecule has 0 fully saturated rings. The Balaban J connectivity index is 2.94. The lowest BCUT2D eigenvalue weighted by atomic mass is 10.2. The maximum absolute atomic E-state index is 10.9. The third kappa shape index (κ3) is 1.59. The van der Waals surface area contributed by atoms with Gasteiger partial charge in [0.2, 0.25) is 0 Å². The van der Waals surface area contributed by atoms with Crippen LogP contribution in [0.3, 0.4) is 0 Å². The first kappa shape index (κ1) is 8.24. The number of terminal acetylenes is 1. The topological polar surface area (TPSA) is 68.0 Å². The fraction of sp³-hybridized carbons (Fsp3) is 0. The molecule has 0 radical (unpaired) electrons. The molecule has 0 aromatic carbocycles. The zero-order valence-corrected chi connectivity index (χ0v) is 6.24. The van der Waals surface area contributed by atoms with Crippen LogP contribution in [0.25, 0.3) is 0 Å². The van der Waals surface area contributed by atoms with Crippen LogP contribution in [0.5, 0.6) is 0 Å². The number of amides is 1. The minimum atomic E-state index is -0.383. The Morgan fingerprint density at radius 1 is 1.67 bits per heavy atom. The van der Waals surface area contributed by atoms with Gasteiger partial charge in [0, 0.05) is 6.20 Å². The largest absolute Gasteiger partial charge is 0.290 e. The first-order valence-corrected chi connectivity index (χ1v) is 3.21. The zero-order chi connectivity index (χ0) is 8.97. The van der Waals surface area contributed by atoms with E-state index in [-0.39, 0.29) is 5.91 Å². The number of nitrogens with two attached hydrogens (primary N) is 1. The van der Waals surface area contributed by atoms with Crippen LogP contribution in [0.1, 0.15) is 16.1 Å². The average Bonchev–Trinajstić information content (AvgIpc) is 2.17. The summed E-state index contributed by atoms with van der Waals surface area (Å²) >= 11 is 0. The SMILES string of the molecule is C#Cc1ccc(C(=O)NN)cn1. The average molecular weight is 161 g/mol. The fourth-order valence-corrected chi connectivity index (χ4v) is 0.697. The van der Waals surface area contributed by atoms with E-state index in [0.29, 0.717) is 11.3 Å². The first-order chi connectivity index (χ1) is 5.77. The predicted molar refractivity (Wildman–Crippen MR) is 43.8 cm³/mol. The molecule has 0 aliphatic heterocycles. The van der Waals surface area contributed by atoms with Crippen molar-refractivity contribution in [2.24, 2.45) is 5.84 Å². The monoisotopic (exact) mass is 161 g/mol. The van der Waals surface area contributed by atoms with Crippen LogP contribution in [-0.2, 0) is 0 Å². The van der Waals surface area contributed by atoms with Gasteiger partial charge in [-0.25, -0.2) is 10.8 Å². The quantitative estimate of drug-likeness (QED) is 0.256. The standard InChI is InChI=1S/C8H7N3O/c1-2-7-4-3-6(5-10-7)8(12)11-9/h1,3-5H,9H2,(H,11,12). The number of carbonyl (C=O) groups excluding carboxylic acids is 1. The number of nitrogen functional groups attached to an aromatic ring is 1. The van der Waals surface area contributed by atoms with Crippen molar-refractivity contribution < 1.29 is 4.79 Å². The molecule has 0 saturated heterocycles. The summed E-state index contributed by atoms with van der Waals surface area (Å²) in [6.07, 6.45) is 6.44. The zero-order valence-electron chi connectivity index (χ0n) is 6.24. The summed E-state index contributed by atoms with van der Waals surface area (Å²) < 4.78 is 0. The maximum atomic E-state index is 10.9. The lowest BCUT2D eigenvalue weighted by Crippen LogP contribution is -2.30. The lowest BCUT2D eigenvalue weighted by Gasteiger charge is -1.97. The highest BCUT2D eigenvalue weighted by atomic mass is 16.2. The molecule has 4 nitrogen and oxygen atoms in total. The van der Waals surface area contributed by atoms with Gasteiger partial charge in [-0.1, -0.05) is 5.92 Å². The van der Waals surface area contributed by atoms with Crippen LogP contribution in [-0.4, -0.2) is 10.9 Å². The molecule has 0 bridgehead atoms. The van der Waals surface area contributed by atoms with E-state index in [1.807, 2.05) is 5.43 Å². The number of nitrogens with zero attached hydrogens (tertiary/aromatic N) is 1. The van der Waals surface area contributed by atoms with Gasteiger partial charge in [-0.05, 0) is 12.1 Å². The first-order valence-electron chi connectivity index (χ1n) is 3.21. The van der Waals surface area contributed by atoms with Crippen molar-refractivity contribution in [1.82, 2.24) is 10.4 Å². The van der Waals surface area contributed by atoms with Crippen molar-refractivity contribution in [2.75, 3.05) is 0 Å². The van der Waals surface area contributed by atoms with Crippen molar-refractivity contribution in [1.29, 1.82) is 0 Å². The van der Waals surface area contributed by atoms with E-state index in [0.717, 1.165) is 0 Å². The number of hydrogen-bond acceptors (Lipinski definition) is 3. The number of aromatic nitrogens is 1. The summed E-state index contributed by atoms with van der Waals surface area (Å²) in [7, 11) is 0. The summed E-state index contributed by atoms with van der Waals surface area (Å²) in [4.78, 5) is 14.7. The minimum absolute atomic E-state index is 0.383. The molecule has 0 unspecified atom stereocenters. The Morgan fingerprint density at radius 2 is 2.42 bits per heavy atom. The van der Waals surface area contributed by atoms with Gasteiger partial charge in [0.25, 0.3) is 5.91 Å². The Bertz CT molecular complexity index is 323. The summed E-state index contributed by atoms with van der Waals surface area (Å²) in [6, 6.07) is 3.13. The van der Waals surface area contributed by atoms with E-state index in [1.54, 1.807) is 12.1 Å². The Morgan fingerprint density at radius 3 is 2.83 bits per heavy atom. The van der Waals surface area contributed by atoms with E-state index in [4.69, 9.17) is 12.3 Å². The summed E-state index contributed by atoms with van der Waals surface area (Å²) in [5, 5.41) is 0. The highest BCUT2D eigenvalue weighted by Gasteiger charge is 2.01. The van der Waals surface area contributed by atoms with Crippen LogP contribution < -0.4 is 11.3 Å². The minimum Gasteiger partial charge on any atom is -0.290 e. The van der Waals surface area contributed by atoms with Crippen molar-refractivity contribution in [3.63, 3.8) is 0 Å². The van der Waals surface area contributed by atoms with E-state index >= 15 is 0 Å². The molecule has 0 atom stereocenters. The van der Waals surface area contributed by atoms with Gasteiger partial charge in [0.1, 0.15) is 5.69 Å². The molecule has 1 aromatic heterocycles. The Hall–Kier alpha value is -1.86. The molecule has 1 heterocycles. The second-order valence-corrected chi connectivity index (χ2v) is 2.05. The second-order valence-electron chi connectivity index (χ2n) is 2.05. The van der Waals surface area contributed by atoms with Gasteiger partial charge in [-0.3, -0.25) is 10.2 Å². The van der Waals surface area contributed by atoms with Gasteiger partial charge < -0.3 is 0 Å². The molecule has 0 spiro atoms. The number of hydrazine groups is 1. The lowest BCUT2D eigenvalue weighted by molar-refractivity contribution is 0.0953. The van der Waals surface area contributed by atoms with Crippen LogP contribution in [0.15, 0.2) is 18.3 Å². The smallest absolute Gasteiger partial charge is 0.266 e. The van der Waals surface area contributed by atoms with Crippen LogP contribution in [0, 0.1) is 12.3 Å². The maximum Gasteiger partial charge on any atom is 0.266 e. The van der Waals surface area contributed by atoms with Gasteiger partial charge in [-0.15, -0.1) is 6.42 Å². The summed E-state index contributed by atoms with van der Waals surface area (Å²) in [5.74, 6) is 6.86. The molecule has 1 aromatic rings. The fourth-order valence-electron chi connectivity index (χ4n) is 0.697. The van der Waals surface area contributed by atoms with Crippen molar-refractivity contribution in [3.8, 4) is 12.3 Å². The Kier molecular flexibility index (Phi) is 2.41. The van der Waals surface area contributed by atoms with Crippen LogP contribution in [0.2, 0.25) is 0 Å². The molecule has 12 heavy (non-hydrogen) atoms. The molecule has 0 aliphatic carbocycles. The third-order valence-electron chi connectivity index (χ3n) is 1.30. The van der Waals surface area contributed by atoms with Crippen LogP contribution in [0.4, 0.5) is 0 Å². The summed E-state index contributed by atoms with van der Waals surface area (Å²) in [5.41, 5.74) is 2.86. The van der Waals surface area contributed by atoms with Gasteiger partial charge in [0.15, 0.2) is 0 Å². The van der Waals surface area contributed by atoms with Gasteiger partial charge in [0.05, 0.1) is 5.56 Å². The van der Waals surface area contributed by atoms with E-state index in [2.05, 4.69) is 10.9 Å². The third-order valence-corrected chi connectivity index (χ3v) is 1.30. The molecular formula is C8H7N3O. The van der Waals surface area contributed by atoms with Gasteiger partial charge >= 0.3 is 0 Å². The predicted octanol–water partition coefficient (Wildman–Crippen LogP) is -0.334. The highest BCUT2D eigenvalue weighted by molar-refractivity contribution is 5.93. The molecule has 3 N–H and O–H groups in total. The Labute approximate surface area is 69.8 Å². The number of rotatable bonds is 1. The van der Waals surface area contributed by atoms with E-state index in [1.165, 1.54) is 6.20 Å². The molecule has 1 rings (SSSR count). The number of hydrogen-bond donors (Lipinski definition) is 2. The number of carbonyl (C=O) groups is 1. The molecule has 60 valence electrons. The molecule has 0 aliphatic rings. The van der Waals surface area contributed by atoms with E-state index < -0.39 is 0 Å². The van der Waals surface area contributed by atoms with Crippen molar-refractivity contribution in [2.45, 2.75) is 0 Å². The molecule has 1 amide bonds. The highest BCUT2D eigenvalue weighted by Crippen LogP contribution is 1.97. The molecule has 4 heteroatoms.